The van der Waals surface area contributed by atoms with E-state index < -0.39 is 0 Å². The van der Waals surface area contributed by atoms with E-state index in [0.29, 0.717) is 22.5 Å². The largest absolute Gasteiger partial charge is 0.311 e. The van der Waals surface area contributed by atoms with E-state index in [1.165, 1.54) is 12.8 Å². The molecule has 2 heterocycles. The van der Waals surface area contributed by atoms with Gasteiger partial charge in [0.25, 0.3) is 0 Å². The van der Waals surface area contributed by atoms with E-state index in [1.54, 1.807) is 4.68 Å². The monoisotopic (exact) mass is 341 g/mol. The van der Waals surface area contributed by atoms with E-state index in [9.17, 15) is 4.79 Å². The third kappa shape index (κ3) is 3.33. The molecule has 2 N–H and O–H groups in total. The summed E-state index contributed by atoms with van der Waals surface area (Å²) in [6.07, 6.45) is 4.37. The molecule has 4 rings (SSSR count). The minimum absolute atomic E-state index is 0.127. The highest BCUT2D eigenvalue weighted by molar-refractivity contribution is 6.30. The lowest BCUT2D eigenvalue weighted by Gasteiger charge is -2.02. The van der Waals surface area contributed by atoms with Gasteiger partial charge in [-0.25, -0.2) is 4.68 Å². The van der Waals surface area contributed by atoms with Crippen LogP contribution in [0.25, 0.3) is 5.69 Å². The van der Waals surface area contributed by atoms with Gasteiger partial charge in [-0.1, -0.05) is 17.7 Å². The third-order valence-electron chi connectivity index (χ3n) is 3.93. The summed E-state index contributed by atoms with van der Waals surface area (Å²) in [5, 5.41) is 15.0. The summed E-state index contributed by atoms with van der Waals surface area (Å²) in [4.78, 5) is 12.1. The Morgan fingerprint density at radius 1 is 1.33 bits per heavy atom. The number of rotatable bonds is 5. The Kier molecular flexibility index (Phi) is 3.82. The topological polar surface area (TPSA) is 75.6 Å². The summed E-state index contributed by atoms with van der Waals surface area (Å²) in [5.41, 5.74) is 2.57. The Morgan fingerprint density at radius 3 is 3.00 bits per heavy atom. The highest BCUT2D eigenvalue weighted by atomic mass is 35.5. The van der Waals surface area contributed by atoms with Gasteiger partial charge in [0.05, 0.1) is 23.5 Å². The number of amides is 1. The molecule has 1 aliphatic rings. The molecule has 0 spiro atoms. The van der Waals surface area contributed by atoms with Crippen molar-refractivity contribution in [2.45, 2.75) is 25.2 Å². The molecule has 0 radical (unpaired) electrons. The van der Waals surface area contributed by atoms with Crippen molar-refractivity contribution in [1.82, 2.24) is 20.0 Å². The molecule has 2 aromatic heterocycles. The summed E-state index contributed by atoms with van der Waals surface area (Å²) in [6, 6.07) is 11.1. The Labute approximate surface area is 143 Å². The van der Waals surface area contributed by atoms with Crippen LogP contribution in [-0.4, -0.2) is 25.9 Å². The van der Waals surface area contributed by atoms with Gasteiger partial charge in [0.2, 0.25) is 5.91 Å². The molecule has 0 unspecified atom stereocenters. The summed E-state index contributed by atoms with van der Waals surface area (Å²) in [6.45, 7) is 0. The lowest BCUT2D eigenvalue weighted by molar-refractivity contribution is -0.115. The number of H-pyrrole nitrogens is 1. The van der Waals surface area contributed by atoms with Crippen LogP contribution in [-0.2, 0) is 11.2 Å². The lowest BCUT2D eigenvalue weighted by atomic mass is 10.3. The molecule has 0 saturated heterocycles. The van der Waals surface area contributed by atoms with E-state index in [0.717, 1.165) is 11.4 Å². The van der Waals surface area contributed by atoms with Crippen molar-refractivity contribution < 1.29 is 4.79 Å². The van der Waals surface area contributed by atoms with Crippen LogP contribution >= 0.6 is 11.6 Å². The number of carbonyl (C=O) groups is 1. The predicted molar refractivity (Wildman–Crippen MR) is 91.5 cm³/mol. The standard InChI is InChI=1S/C17H16ClN5O/c18-12-2-1-3-14(8-12)23-7-6-13(22-23)9-17(24)19-16-10-15(20-21-16)11-4-5-11/h1-3,6-8,10-11H,4-5,9H2,(H2,19,20,21,24). The summed E-state index contributed by atoms with van der Waals surface area (Å²) in [7, 11) is 0. The third-order valence-corrected chi connectivity index (χ3v) is 4.16. The van der Waals surface area contributed by atoms with Crippen LogP contribution in [0.3, 0.4) is 0 Å². The zero-order valence-corrected chi connectivity index (χ0v) is 13.6. The van der Waals surface area contributed by atoms with Crippen LogP contribution in [0.1, 0.15) is 30.1 Å². The number of halogens is 1. The normalized spacial score (nSPS) is 13.9. The smallest absolute Gasteiger partial charge is 0.231 e. The van der Waals surface area contributed by atoms with Crippen LogP contribution in [0.4, 0.5) is 5.82 Å². The Morgan fingerprint density at radius 2 is 2.21 bits per heavy atom. The van der Waals surface area contributed by atoms with Gasteiger partial charge in [0, 0.05) is 23.2 Å². The van der Waals surface area contributed by atoms with Crippen molar-refractivity contribution in [2.24, 2.45) is 0 Å². The van der Waals surface area contributed by atoms with E-state index in [2.05, 4.69) is 20.6 Å². The molecule has 1 aromatic carbocycles. The molecule has 0 bridgehead atoms. The predicted octanol–water partition coefficient (Wildman–Crippen LogP) is 3.31. The second kappa shape index (κ2) is 6.13. The molecule has 0 atom stereocenters. The maximum atomic E-state index is 12.1. The zero-order chi connectivity index (χ0) is 16.5. The molecule has 1 amide bonds. The number of carbonyl (C=O) groups excluding carboxylic acids is 1. The Balaban J connectivity index is 1.40. The highest BCUT2D eigenvalue weighted by Crippen LogP contribution is 2.39. The number of aromatic nitrogens is 4. The SMILES string of the molecule is O=C(Cc1ccn(-c2cccc(Cl)c2)n1)Nc1cc(C2CC2)n[nH]1. The molecule has 6 nitrogen and oxygen atoms in total. The number of hydrogen-bond donors (Lipinski definition) is 2. The van der Waals surface area contributed by atoms with E-state index in [-0.39, 0.29) is 12.3 Å². The number of nitrogens with zero attached hydrogens (tertiary/aromatic N) is 3. The van der Waals surface area contributed by atoms with Gasteiger partial charge < -0.3 is 5.32 Å². The second-order valence-corrected chi connectivity index (χ2v) is 6.37. The molecule has 1 saturated carbocycles. The van der Waals surface area contributed by atoms with Crippen LogP contribution in [0.15, 0.2) is 42.6 Å². The number of aromatic amines is 1. The fourth-order valence-electron chi connectivity index (χ4n) is 2.57. The maximum absolute atomic E-state index is 12.1. The fourth-order valence-corrected chi connectivity index (χ4v) is 2.75. The van der Waals surface area contributed by atoms with Gasteiger partial charge in [0.1, 0.15) is 5.82 Å². The Hall–Kier alpha value is -2.60. The first-order valence-corrected chi connectivity index (χ1v) is 8.21. The van der Waals surface area contributed by atoms with Gasteiger partial charge in [-0.15, -0.1) is 0 Å². The zero-order valence-electron chi connectivity index (χ0n) is 12.9. The molecule has 1 fully saturated rings. The molecule has 0 aliphatic heterocycles. The van der Waals surface area contributed by atoms with Gasteiger partial charge in [0.15, 0.2) is 0 Å². The number of benzene rings is 1. The minimum Gasteiger partial charge on any atom is -0.311 e. The van der Waals surface area contributed by atoms with Gasteiger partial charge in [-0.3, -0.25) is 9.89 Å². The van der Waals surface area contributed by atoms with Crippen molar-refractivity contribution in [3.05, 3.63) is 59.0 Å². The van der Waals surface area contributed by atoms with E-state index in [1.807, 2.05) is 42.6 Å². The summed E-state index contributed by atoms with van der Waals surface area (Å²) in [5.74, 6) is 1.06. The summed E-state index contributed by atoms with van der Waals surface area (Å²) >= 11 is 5.99. The summed E-state index contributed by atoms with van der Waals surface area (Å²) < 4.78 is 1.70. The van der Waals surface area contributed by atoms with Gasteiger partial charge in [-0.2, -0.15) is 10.2 Å². The van der Waals surface area contributed by atoms with E-state index in [4.69, 9.17) is 11.6 Å². The van der Waals surface area contributed by atoms with Crippen LogP contribution in [0.2, 0.25) is 5.02 Å². The van der Waals surface area contributed by atoms with Gasteiger partial charge >= 0.3 is 0 Å². The molecule has 1 aliphatic carbocycles. The Bertz CT molecular complexity index is 881. The van der Waals surface area contributed by atoms with E-state index >= 15 is 0 Å². The van der Waals surface area contributed by atoms with Crippen LogP contribution in [0.5, 0.6) is 0 Å². The van der Waals surface area contributed by atoms with Crippen molar-refractivity contribution >= 4 is 23.3 Å². The molecule has 3 aromatic rings. The first kappa shape index (κ1) is 15.0. The molecule has 24 heavy (non-hydrogen) atoms. The molecule has 122 valence electrons. The molecular weight excluding hydrogens is 326 g/mol. The average molecular weight is 342 g/mol. The first-order valence-electron chi connectivity index (χ1n) is 7.83. The van der Waals surface area contributed by atoms with Gasteiger partial charge in [-0.05, 0) is 37.1 Å². The minimum atomic E-state index is -0.127. The number of nitrogens with one attached hydrogen (secondary N) is 2. The first-order chi connectivity index (χ1) is 11.7. The van der Waals surface area contributed by atoms with Crippen molar-refractivity contribution in [2.75, 3.05) is 5.32 Å². The molecular formula is C17H16ClN5O. The average Bonchev–Trinajstić information content (AvgIpc) is 3.13. The van der Waals surface area contributed by atoms with Crippen LogP contribution in [0, 0.1) is 0 Å². The maximum Gasteiger partial charge on any atom is 0.231 e. The highest BCUT2D eigenvalue weighted by Gasteiger charge is 2.26. The molecule has 7 heteroatoms. The second-order valence-electron chi connectivity index (χ2n) is 5.94. The van der Waals surface area contributed by atoms with Crippen molar-refractivity contribution in [3.8, 4) is 5.69 Å². The van der Waals surface area contributed by atoms with Crippen molar-refractivity contribution in [1.29, 1.82) is 0 Å². The van der Waals surface area contributed by atoms with Crippen LogP contribution < -0.4 is 5.32 Å². The fraction of sp³-hybridized carbons (Fsp3) is 0.235. The lowest BCUT2D eigenvalue weighted by Crippen LogP contribution is -2.15. The van der Waals surface area contributed by atoms with Crippen molar-refractivity contribution in [3.63, 3.8) is 0 Å². The quantitative estimate of drug-likeness (QED) is 0.747. The number of hydrogen-bond acceptors (Lipinski definition) is 3. The number of anilines is 1.